The molecule has 1 aromatic carbocycles. The normalized spacial score (nSPS) is 15.0. The molecule has 1 aromatic heterocycles. The fourth-order valence-corrected chi connectivity index (χ4v) is 3.12. The van der Waals surface area contributed by atoms with Gasteiger partial charge < -0.3 is 14.8 Å². The highest BCUT2D eigenvalue weighted by Crippen LogP contribution is 2.30. The number of aromatic nitrogens is 2. The van der Waals surface area contributed by atoms with Crippen molar-refractivity contribution >= 4 is 23.3 Å². The van der Waals surface area contributed by atoms with Gasteiger partial charge in [0.15, 0.2) is 0 Å². The van der Waals surface area contributed by atoms with Crippen LogP contribution in [0.15, 0.2) is 24.3 Å². The maximum absolute atomic E-state index is 12.1. The number of aromatic amines is 1. The number of anilines is 1. The smallest absolute Gasteiger partial charge is 0.225 e. The zero-order valence-electron chi connectivity index (χ0n) is 14.8. The highest BCUT2D eigenvalue weighted by molar-refractivity contribution is 6.32. The number of H-pyrrole nitrogens is 1. The summed E-state index contributed by atoms with van der Waals surface area (Å²) in [4.78, 5) is 14.4. The number of amides is 1. The maximum atomic E-state index is 12.1. The highest BCUT2D eigenvalue weighted by atomic mass is 35.5. The van der Waals surface area contributed by atoms with Gasteiger partial charge in [0, 0.05) is 31.1 Å². The van der Waals surface area contributed by atoms with Gasteiger partial charge in [0.05, 0.1) is 31.0 Å². The summed E-state index contributed by atoms with van der Waals surface area (Å²) in [5.74, 6) is 1.16. The van der Waals surface area contributed by atoms with E-state index in [1.54, 1.807) is 25.3 Å². The van der Waals surface area contributed by atoms with Gasteiger partial charge in [-0.3, -0.25) is 14.8 Å². The number of methoxy groups -OCH3 is 1. The lowest BCUT2D eigenvalue weighted by molar-refractivity contribution is -0.116. The average Bonchev–Trinajstić information content (AvgIpc) is 3.11. The van der Waals surface area contributed by atoms with Gasteiger partial charge in [0.2, 0.25) is 5.91 Å². The van der Waals surface area contributed by atoms with E-state index >= 15 is 0 Å². The summed E-state index contributed by atoms with van der Waals surface area (Å²) in [6, 6.07) is 7.23. The van der Waals surface area contributed by atoms with Crippen molar-refractivity contribution in [3.63, 3.8) is 0 Å². The second kappa shape index (κ2) is 9.02. The van der Waals surface area contributed by atoms with Crippen molar-refractivity contribution < 1.29 is 14.3 Å². The quantitative estimate of drug-likeness (QED) is 0.774. The number of nitrogens with zero attached hydrogens (tertiary/aromatic N) is 2. The molecule has 2 aromatic rings. The molecule has 1 fully saturated rings. The molecule has 1 aliphatic heterocycles. The standard InChI is InChI=1S/C18H23ClN4O3/c1-25-16-5-4-13(11-14(16)19)15-12-17(22-21-15)20-18(24)3-2-6-23-7-9-26-10-8-23/h4-5,11-12H,2-3,6-10H2,1H3,(H2,20,21,22,24). The number of carbonyl (C=O) groups is 1. The molecule has 0 unspecified atom stereocenters. The Hall–Kier alpha value is -2.09. The van der Waals surface area contributed by atoms with E-state index in [9.17, 15) is 4.79 Å². The number of rotatable bonds is 7. The minimum absolute atomic E-state index is 0.0266. The number of nitrogens with one attached hydrogen (secondary N) is 2. The number of hydrogen-bond acceptors (Lipinski definition) is 5. The highest BCUT2D eigenvalue weighted by Gasteiger charge is 2.12. The van der Waals surface area contributed by atoms with Crippen molar-refractivity contribution in [1.29, 1.82) is 0 Å². The molecule has 3 rings (SSSR count). The second-order valence-electron chi connectivity index (χ2n) is 6.12. The number of morpholine rings is 1. The lowest BCUT2D eigenvalue weighted by Gasteiger charge is -2.26. The van der Waals surface area contributed by atoms with Crippen LogP contribution in [0.5, 0.6) is 5.75 Å². The monoisotopic (exact) mass is 378 g/mol. The molecule has 140 valence electrons. The van der Waals surface area contributed by atoms with E-state index in [1.807, 2.05) is 6.07 Å². The van der Waals surface area contributed by atoms with E-state index in [0.29, 0.717) is 28.7 Å². The first-order valence-corrected chi connectivity index (χ1v) is 9.03. The molecule has 1 aliphatic rings. The first kappa shape index (κ1) is 18.7. The Morgan fingerprint density at radius 1 is 1.38 bits per heavy atom. The first-order chi connectivity index (χ1) is 12.7. The molecule has 8 heteroatoms. The van der Waals surface area contributed by atoms with Crippen molar-refractivity contribution in [2.24, 2.45) is 0 Å². The topological polar surface area (TPSA) is 79.5 Å². The Bertz CT molecular complexity index is 744. The summed E-state index contributed by atoms with van der Waals surface area (Å²) >= 11 is 6.15. The Balaban J connectivity index is 1.49. The van der Waals surface area contributed by atoms with Crippen LogP contribution in [0.25, 0.3) is 11.3 Å². The maximum Gasteiger partial charge on any atom is 0.225 e. The second-order valence-corrected chi connectivity index (χ2v) is 6.53. The van der Waals surface area contributed by atoms with Gasteiger partial charge in [-0.05, 0) is 31.2 Å². The van der Waals surface area contributed by atoms with Crippen molar-refractivity contribution in [1.82, 2.24) is 15.1 Å². The Morgan fingerprint density at radius 2 is 2.19 bits per heavy atom. The van der Waals surface area contributed by atoms with E-state index in [1.165, 1.54) is 0 Å². The Morgan fingerprint density at radius 3 is 2.92 bits per heavy atom. The van der Waals surface area contributed by atoms with E-state index in [2.05, 4.69) is 20.4 Å². The molecule has 26 heavy (non-hydrogen) atoms. The van der Waals surface area contributed by atoms with Crippen LogP contribution in [-0.4, -0.2) is 61.0 Å². The Kier molecular flexibility index (Phi) is 6.49. The van der Waals surface area contributed by atoms with Crippen LogP contribution in [0.4, 0.5) is 5.82 Å². The van der Waals surface area contributed by atoms with Crippen LogP contribution < -0.4 is 10.1 Å². The molecule has 0 spiro atoms. The fourth-order valence-electron chi connectivity index (χ4n) is 2.86. The molecule has 0 saturated carbocycles. The van der Waals surface area contributed by atoms with E-state index in [4.69, 9.17) is 21.1 Å². The number of halogens is 1. The SMILES string of the molecule is COc1ccc(-c2cc(NC(=O)CCCN3CCOCC3)[nH]n2)cc1Cl. The molecule has 2 N–H and O–H groups in total. The lowest BCUT2D eigenvalue weighted by atomic mass is 10.1. The zero-order chi connectivity index (χ0) is 18.4. The van der Waals surface area contributed by atoms with Crippen LogP contribution >= 0.6 is 11.6 Å². The van der Waals surface area contributed by atoms with Crippen molar-refractivity contribution in [2.45, 2.75) is 12.8 Å². The molecule has 0 aliphatic carbocycles. The zero-order valence-corrected chi connectivity index (χ0v) is 15.5. The molecule has 0 radical (unpaired) electrons. The molecule has 2 heterocycles. The summed E-state index contributed by atoms with van der Waals surface area (Å²) in [7, 11) is 1.57. The van der Waals surface area contributed by atoms with Crippen LogP contribution in [0.2, 0.25) is 5.02 Å². The van der Waals surface area contributed by atoms with Crippen molar-refractivity contribution in [2.75, 3.05) is 45.3 Å². The van der Waals surface area contributed by atoms with Crippen LogP contribution in [0.3, 0.4) is 0 Å². The summed E-state index contributed by atoms with van der Waals surface area (Å²) in [6.07, 6.45) is 1.29. The number of carbonyl (C=O) groups excluding carboxylic acids is 1. The van der Waals surface area contributed by atoms with Gasteiger partial charge in [-0.25, -0.2) is 0 Å². The van der Waals surface area contributed by atoms with E-state index in [-0.39, 0.29) is 5.91 Å². The van der Waals surface area contributed by atoms with Crippen LogP contribution in [0, 0.1) is 0 Å². The summed E-state index contributed by atoms with van der Waals surface area (Å²) in [5, 5.41) is 10.4. The molecular weight excluding hydrogens is 356 g/mol. The van der Waals surface area contributed by atoms with Crippen LogP contribution in [0.1, 0.15) is 12.8 Å². The van der Waals surface area contributed by atoms with Crippen LogP contribution in [-0.2, 0) is 9.53 Å². The molecule has 1 saturated heterocycles. The van der Waals surface area contributed by atoms with Gasteiger partial charge in [0.25, 0.3) is 0 Å². The molecular formula is C18H23ClN4O3. The molecule has 7 nitrogen and oxygen atoms in total. The summed E-state index contributed by atoms with van der Waals surface area (Å²) in [6.45, 7) is 4.35. The van der Waals surface area contributed by atoms with Gasteiger partial charge in [-0.15, -0.1) is 0 Å². The number of hydrogen-bond donors (Lipinski definition) is 2. The van der Waals surface area contributed by atoms with E-state index < -0.39 is 0 Å². The summed E-state index contributed by atoms with van der Waals surface area (Å²) < 4.78 is 10.5. The molecule has 0 bridgehead atoms. The van der Waals surface area contributed by atoms with E-state index in [0.717, 1.165) is 44.8 Å². The van der Waals surface area contributed by atoms with Gasteiger partial charge >= 0.3 is 0 Å². The largest absolute Gasteiger partial charge is 0.495 e. The van der Waals surface area contributed by atoms with Crippen molar-refractivity contribution in [3.8, 4) is 17.0 Å². The number of ether oxygens (including phenoxy) is 2. The predicted octanol–water partition coefficient (Wildman–Crippen LogP) is 2.79. The Labute approximate surface area is 157 Å². The summed E-state index contributed by atoms with van der Waals surface area (Å²) in [5.41, 5.74) is 1.55. The first-order valence-electron chi connectivity index (χ1n) is 8.65. The third kappa shape index (κ3) is 4.97. The van der Waals surface area contributed by atoms with Gasteiger partial charge in [-0.2, -0.15) is 5.10 Å². The average molecular weight is 379 g/mol. The molecule has 1 amide bonds. The van der Waals surface area contributed by atoms with Crippen molar-refractivity contribution in [3.05, 3.63) is 29.3 Å². The van der Waals surface area contributed by atoms with Gasteiger partial charge in [0.1, 0.15) is 11.6 Å². The minimum Gasteiger partial charge on any atom is -0.495 e. The minimum atomic E-state index is -0.0266. The van der Waals surface area contributed by atoms with Gasteiger partial charge in [-0.1, -0.05) is 11.6 Å². The fraction of sp³-hybridized carbons (Fsp3) is 0.444. The predicted molar refractivity (Wildman–Crippen MR) is 101 cm³/mol. The number of benzene rings is 1. The lowest BCUT2D eigenvalue weighted by Crippen LogP contribution is -2.37. The third-order valence-electron chi connectivity index (χ3n) is 4.28. The third-order valence-corrected chi connectivity index (χ3v) is 4.58. The molecule has 0 atom stereocenters.